The van der Waals surface area contributed by atoms with Gasteiger partial charge in [0.05, 0.1) is 33.8 Å². The molecule has 0 heterocycles. The van der Waals surface area contributed by atoms with Gasteiger partial charge >= 0.3 is 13.8 Å². The smallest absolute Gasteiger partial charge is 0.456 e. The Morgan fingerprint density at radius 2 is 0.890 bits per heavy atom. The standard InChI is InChI=1S/C63H111N2O7P/c1-7-10-13-16-19-22-25-27-28-29-30-31-32-33-34-35-36-38-41-44-47-50-53-56-63(67)72-61(54-51-48-45-42-40-37-26-23-20-17-14-11-8-2)60(59-71-73(68,69)70-58-57-65(4,5)6)64-62(66)55-52-49-46-43-39-24-21-18-15-12-9-3/h10,13,18-19,21-22,27-28,30-31,33-34,36,38,51,54,60-61H,7-9,11-12,14-17,20,23-26,29,32,35,37,39-50,52-53,55-59H2,1-6H3,(H-,64,66,68,69)/p+1/b13-10-,21-18-,22-19-,28-27-,31-30-,34-33-,38-36-,54-51-. The molecule has 73 heavy (non-hydrogen) atoms. The highest BCUT2D eigenvalue weighted by Crippen LogP contribution is 2.43. The van der Waals surface area contributed by atoms with E-state index in [-0.39, 0.29) is 31.5 Å². The Morgan fingerprint density at radius 1 is 0.493 bits per heavy atom. The summed E-state index contributed by atoms with van der Waals surface area (Å²) >= 11 is 0. The molecule has 0 aromatic rings. The molecule has 0 bridgehead atoms. The van der Waals surface area contributed by atoms with E-state index in [4.69, 9.17) is 13.8 Å². The molecule has 0 spiro atoms. The SMILES string of the molecule is CC/C=C\C/C=C\C/C=C\C/C=C\C/C=C\C/C=C\CCCCCCC(=O)OC(/C=C\CCCCCCCCCCCCC)C(COP(=O)(O)OCC[N+](C)(C)C)NC(=O)CCCCCCC/C=C\CCCC. The molecular weight excluding hydrogens is 928 g/mol. The largest absolute Gasteiger partial charge is 0.472 e. The number of phosphoric ester groups is 1. The summed E-state index contributed by atoms with van der Waals surface area (Å²) in [5, 5.41) is 3.03. The molecule has 0 aromatic carbocycles. The first kappa shape index (κ1) is 69.9. The summed E-state index contributed by atoms with van der Waals surface area (Å²) < 4.78 is 30.6. The second-order valence-electron chi connectivity index (χ2n) is 20.8. The minimum absolute atomic E-state index is 0.0299. The Hall–Kier alpha value is -3.07. The zero-order valence-electron chi connectivity index (χ0n) is 47.8. The van der Waals surface area contributed by atoms with Crippen LogP contribution in [0.15, 0.2) is 97.2 Å². The Bertz CT molecular complexity index is 1570. The maximum Gasteiger partial charge on any atom is 0.472 e. The van der Waals surface area contributed by atoms with E-state index in [1.54, 1.807) is 0 Å². The molecule has 0 rings (SSSR count). The summed E-state index contributed by atoms with van der Waals surface area (Å²) in [6, 6.07) is -0.867. The molecule has 0 fully saturated rings. The van der Waals surface area contributed by atoms with E-state index in [1.807, 2.05) is 33.3 Å². The molecule has 0 saturated carbocycles. The van der Waals surface area contributed by atoms with Gasteiger partial charge in [-0.2, -0.15) is 0 Å². The molecule has 3 atom stereocenters. The quantitative estimate of drug-likeness (QED) is 0.0205. The van der Waals surface area contributed by atoms with Gasteiger partial charge in [0, 0.05) is 12.8 Å². The summed E-state index contributed by atoms with van der Waals surface area (Å²) in [5.74, 6) is -0.551. The van der Waals surface area contributed by atoms with Gasteiger partial charge in [-0.05, 0) is 102 Å². The van der Waals surface area contributed by atoms with Gasteiger partial charge < -0.3 is 19.4 Å². The van der Waals surface area contributed by atoms with Crippen molar-refractivity contribution < 1.29 is 37.3 Å². The first-order valence-corrected chi connectivity index (χ1v) is 31.1. The Kier molecular flexibility index (Phi) is 50.2. The number of nitrogens with one attached hydrogen (secondary N) is 1. The van der Waals surface area contributed by atoms with Crippen molar-refractivity contribution in [3.05, 3.63) is 97.2 Å². The van der Waals surface area contributed by atoms with Gasteiger partial charge in [0.15, 0.2) is 0 Å². The van der Waals surface area contributed by atoms with E-state index < -0.39 is 20.0 Å². The minimum Gasteiger partial charge on any atom is -0.456 e. The van der Waals surface area contributed by atoms with E-state index in [0.717, 1.165) is 128 Å². The number of esters is 1. The Morgan fingerprint density at radius 3 is 1.37 bits per heavy atom. The molecule has 0 saturated heterocycles. The van der Waals surface area contributed by atoms with Gasteiger partial charge in [-0.25, -0.2) is 4.57 Å². The van der Waals surface area contributed by atoms with Gasteiger partial charge in [0.2, 0.25) is 5.91 Å². The highest BCUT2D eigenvalue weighted by atomic mass is 31.2. The normalized spacial score (nSPS) is 14.5. The molecule has 420 valence electrons. The fourth-order valence-electron chi connectivity index (χ4n) is 7.92. The van der Waals surface area contributed by atoms with Crippen LogP contribution in [0.25, 0.3) is 0 Å². The maximum absolute atomic E-state index is 13.5. The molecule has 3 unspecified atom stereocenters. The van der Waals surface area contributed by atoms with E-state index in [9.17, 15) is 19.0 Å². The lowest BCUT2D eigenvalue weighted by Crippen LogP contribution is -2.47. The monoisotopic (exact) mass is 1040 g/mol. The van der Waals surface area contributed by atoms with Gasteiger partial charge in [0.25, 0.3) is 0 Å². The lowest BCUT2D eigenvalue weighted by Gasteiger charge is -2.27. The van der Waals surface area contributed by atoms with E-state index in [0.29, 0.717) is 23.9 Å². The zero-order valence-corrected chi connectivity index (χ0v) is 48.7. The topological polar surface area (TPSA) is 111 Å². The van der Waals surface area contributed by atoms with E-state index in [1.165, 1.54) is 70.6 Å². The average molecular weight is 1040 g/mol. The van der Waals surface area contributed by atoms with Crippen molar-refractivity contribution in [2.24, 2.45) is 0 Å². The second-order valence-corrected chi connectivity index (χ2v) is 22.2. The van der Waals surface area contributed by atoms with Crippen LogP contribution < -0.4 is 5.32 Å². The number of nitrogens with zero attached hydrogens (tertiary/aromatic N) is 1. The third-order valence-electron chi connectivity index (χ3n) is 12.5. The number of hydrogen-bond donors (Lipinski definition) is 2. The van der Waals surface area contributed by atoms with Crippen molar-refractivity contribution in [2.75, 3.05) is 40.9 Å². The first-order valence-electron chi connectivity index (χ1n) is 29.6. The predicted molar refractivity (Wildman–Crippen MR) is 314 cm³/mol. The number of amides is 1. The summed E-state index contributed by atoms with van der Waals surface area (Å²) in [4.78, 5) is 37.6. The number of likely N-dealkylation sites (N-methyl/N-ethyl adjacent to an activating group) is 1. The van der Waals surface area contributed by atoms with Crippen LogP contribution in [0.1, 0.15) is 239 Å². The van der Waals surface area contributed by atoms with Gasteiger partial charge in [-0.15, -0.1) is 0 Å². The van der Waals surface area contributed by atoms with Gasteiger partial charge in [0.1, 0.15) is 19.3 Å². The number of ether oxygens (including phenoxy) is 1. The molecule has 0 aromatic heterocycles. The fraction of sp³-hybridized carbons (Fsp3) is 0.714. The Balaban J connectivity index is 5.32. The third-order valence-corrected chi connectivity index (χ3v) is 13.5. The van der Waals surface area contributed by atoms with Crippen molar-refractivity contribution in [1.82, 2.24) is 5.32 Å². The van der Waals surface area contributed by atoms with Crippen LogP contribution in [0, 0.1) is 0 Å². The van der Waals surface area contributed by atoms with E-state index in [2.05, 4.69) is 111 Å². The van der Waals surface area contributed by atoms with Crippen LogP contribution in [0.4, 0.5) is 0 Å². The molecule has 0 radical (unpaired) electrons. The van der Waals surface area contributed by atoms with Crippen molar-refractivity contribution in [3.8, 4) is 0 Å². The second kappa shape index (κ2) is 52.4. The molecule has 10 heteroatoms. The highest BCUT2D eigenvalue weighted by Gasteiger charge is 2.30. The molecule has 1 amide bonds. The lowest BCUT2D eigenvalue weighted by atomic mass is 10.0. The van der Waals surface area contributed by atoms with Crippen molar-refractivity contribution in [2.45, 2.75) is 251 Å². The van der Waals surface area contributed by atoms with Crippen LogP contribution in [-0.4, -0.2) is 74.3 Å². The van der Waals surface area contributed by atoms with E-state index >= 15 is 0 Å². The summed E-state index contributed by atoms with van der Waals surface area (Å²) in [6.45, 7) is 6.82. The minimum atomic E-state index is -4.46. The molecule has 9 nitrogen and oxygen atoms in total. The van der Waals surface area contributed by atoms with Gasteiger partial charge in [-0.1, -0.05) is 221 Å². The molecule has 0 aliphatic rings. The average Bonchev–Trinajstić information content (AvgIpc) is 3.35. The number of phosphoric acid groups is 1. The number of allylic oxidation sites excluding steroid dienone is 15. The number of rotatable bonds is 52. The van der Waals surface area contributed by atoms with Crippen molar-refractivity contribution in [1.29, 1.82) is 0 Å². The predicted octanol–water partition coefficient (Wildman–Crippen LogP) is 18.0. The van der Waals surface area contributed by atoms with Crippen LogP contribution in [0.3, 0.4) is 0 Å². The number of hydrogen-bond acceptors (Lipinski definition) is 6. The molecular formula is C63H112N2O7P+. The molecule has 0 aliphatic heterocycles. The highest BCUT2D eigenvalue weighted by molar-refractivity contribution is 7.47. The Labute approximate surface area is 449 Å². The maximum atomic E-state index is 13.5. The summed E-state index contributed by atoms with van der Waals surface area (Å²) in [6.07, 6.45) is 69.8. The third kappa shape index (κ3) is 53.6. The van der Waals surface area contributed by atoms with Crippen molar-refractivity contribution >= 4 is 19.7 Å². The molecule has 0 aliphatic carbocycles. The first-order chi connectivity index (χ1) is 35.4. The van der Waals surface area contributed by atoms with Crippen molar-refractivity contribution in [3.63, 3.8) is 0 Å². The van der Waals surface area contributed by atoms with Crippen LogP contribution in [0.5, 0.6) is 0 Å². The molecule has 2 N–H and O–H groups in total. The summed E-state index contributed by atoms with van der Waals surface area (Å²) in [5.41, 5.74) is 0. The van der Waals surface area contributed by atoms with Crippen LogP contribution >= 0.6 is 7.82 Å². The number of carbonyl (C=O) groups is 2. The van der Waals surface area contributed by atoms with Crippen LogP contribution in [-0.2, 0) is 27.9 Å². The number of carbonyl (C=O) groups excluding carboxylic acids is 2. The summed E-state index contributed by atoms with van der Waals surface area (Å²) in [7, 11) is 1.46. The van der Waals surface area contributed by atoms with Crippen LogP contribution in [0.2, 0.25) is 0 Å². The number of unbranched alkanes of at least 4 members (excludes halogenated alkanes) is 22. The van der Waals surface area contributed by atoms with Gasteiger partial charge in [-0.3, -0.25) is 18.6 Å². The number of quaternary nitrogens is 1. The zero-order chi connectivity index (χ0) is 53.6. The lowest BCUT2D eigenvalue weighted by molar-refractivity contribution is -0.870. The fourth-order valence-corrected chi connectivity index (χ4v) is 8.66.